The maximum Gasteiger partial charge on any atom is 0.326 e. The van der Waals surface area contributed by atoms with E-state index in [2.05, 4.69) is 15.6 Å². The Morgan fingerprint density at radius 1 is 1.38 bits per heavy atom. The van der Waals surface area contributed by atoms with Gasteiger partial charge in [-0.15, -0.1) is 0 Å². The molecular formula is C14H24N4O3. The molecule has 0 bridgehead atoms. The van der Waals surface area contributed by atoms with Gasteiger partial charge in [-0.2, -0.15) is 0 Å². The zero-order valence-corrected chi connectivity index (χ0v) is 12.6. The summed E-state index contributed by atoms with van der Waals surface area (Å²) >= 11 is 0. The Morgan fingerprint density at radius 2 is 2.14 bits per heavy atom. The number of aromatic nitrogens is 2. The standard InChI is InChI=1S/C14H24N4O3/c1-3-11(2)12(13(19)20)17-14(21)16-6-4-5-8-18-9-7-15-10-18/h7,9-12H,3-6,8H2,1-2H3,(H,19,20)(H2,16,17,21)/t11?,12-/m0/s1. The molecule has 2 amide bonds. The molecule has 0 spiro atoms. The molecule has 2 atom stereocenters. The second kappa shape index (κ2) is 8.99. The highest BCUT2D eigenvalue weighted by molar-refractivity contribution is 5.82. The summed E-state index contributed by atoms with van der Waals surface area (Å²) in [4.78, 5) is 26.7. The summed E-state index contributed by atoms with van der Waals surface area (Å²) in [6.07, 6.45) is 7.82. The smallest absolute Gasteiger partial charge is 0.326 e. The first kappa shape index (κ1) is 17.0. The predicted octanol–water partition coefficient (Wildman–Crippen LogP) is 1.46. The van der Waals surface area contributed by atoms with Crippen LogP contribution in [-0.4, -0.2) is 39.2 Å². The highest BCUT2D eigenvalue weighted by atomic mass is 16.4. The average molecular weight is 296 g/mol. The van der Waals surface area contributed by atoms with Gasteiger partial charge in [0.15, 0.2) is 0 Å². The molecule has 1 unspecified atom stereocenters. The number of unbranched alkanes of at least 4 members (excludes halogenated alkanes) is 1. The first-order valence-electron chi connectivity index (χ1n) is 7.27. The van der Waals surface area contributed by atoms with E-state index >= 15 is 0 Å². The van der Waals surface area contributed by atoms with E-state index in [0.29, 0.717) is 13.0 Å². The van der Waals surface area contributed by atoms with E-state index in [0.717, 1.165) is 19.4 Å². The van der Waals surface area contributed by atoms with Crippen molar-refractivity contribution in [2.45, 2.75) is 45.7 Å². The van der Waals surface area contributed by atoms with E-state index in [4.69, 9.17) is 5.11 Å². The zero-order chi connectivity index (χ0) is 15.7. The summed E-state index contributed by atoms with van der Waals surface area (Å²) in [6, 6.07) is -1.27. The first-order chi connectivity index (χ1) is 10.0. The molecule has 0 saturated heterocycles. The van der Waals surface area contributed by atoms with Crippen molar-refractivity contribution in [1.29, 1.82) is 0 Å². The van der Waals surface area contributed by atoms with Crippen molar-refractivity contribution in [3.05, 3.63) is 18.7 Å². The topological polar surface area (TPSA) is 96.3 Å². The van der Waals surface area contributed by atoms with Crippen LogP contribution < -0.4 is 10.6 Å². The Labute approximate surface area is 124 Å². The second-order valence-corrected chi connectivity index (χ2v) is 5.11. The molecule has 0 aliphatic rings. The van der Waals surface area contributed by atoms with E-state index in [9.17, 15) is 9.59 Å². The van der Waals surface area contributed by atoms with Crippen molar-refractivity contribution in [3.8, 4) is 0 Å². The minimum Gasteiger partial charge on any atom is -0.480 e. The van der Waals surface area contributed by atoms with Gasteiger partial charge in [0.1, 0.15) is 6.04 Å². The number of urea groups is 1. The lowest BCUT2D eigenvalue weighted by molar-refractivity contribution is -0.140. The Bertz CT molecular complexity index is 433. The van der Waals surface area contributed by atoms with Crippen LogP contribution in [0.1, 0.15) is 33.1 Å². The molecule has 0 aromatic carbocycles. The van der Waals surface area contributed by atoms with Gasteiger partial charge in [-0.25, -0.2) is 14.6 Å². The number of carboxylic acid groups (broad SMARTS) is 1. The van der Waals surface area contributed by atoms with Gasteiger partial charge in [0.05, 0.1) is 6.33 Å². The van der Waals surface area contributed by atoms with Crippen molar-refractivity contribution < 1.29 is 14.7 Å². The summed E-state index contributed by atoms with van der Waals surface area (Å²) < 4.78 is 1.98. The maximum atomic E-state index is 11.7. The third kappa shape index (κ3) is 6.29. The number of imidazole rings is 1. The molecular weight excluding hydrogens is 272 g/mol. The second-order valence-electron chi connectivity index (χ2n) is 5.11. The van der Waals surface area contributed by atoms with Crippen LogP contribution in [0.4, 0.5) is 4.79 Å². The van der Waals surface area contributed by atoms with Crippen LogP contribution in [0, 0.1) is 5.92 Å². The van der Waals surface area contributed by atoms with E-state index in [1.54, 1.807) is 12.5 Å². The van der Waals surface area contributed by atoms with Crippen LogP contribution >= 0.6 is 0 Å². The SMILES string of the molecule is CCC(C)[C@H](NC(=O)NCCCCn1ccnc1)C(=O)O. The number of hydrogen-bond acceptors (Lipinski definition) is 3. The van der Waals surface area contributed by atoms with Gasteiger partial charge in [0.2, 0.25) is 0 Å². The van der Waals surface area contributed by atoms with Gasteiger partial charge >= 0.3 is 12.0 Å². The molecule has 1 heterocycles. The minimum atomic E-state index is -1.00. The number of aliphatic carboxylic acids is 1. The number of amides is 2. The molecule has 1 aromatic rings. The summed E-state index contributed by atoms with van der Waals surface area (Å²) in [6.45, 7) is 5.09. The van der Waals surface area contributed by atoms with Gasteiger partial charge in [-0.3, -0.25) is 0 Å². The lowest BCUT2D eigenvalue weighted by Crippen LogP contribution is -2.49. The summed E-state index contributed by atoms with van der Waals surface area (Å²) in [5, 5.41) is 14.3. The largest absolute Gasteiger partial charge is 0.480 e. The van der Waals surface area contributed by atoms with E-state index in [1.165, 1.54) is 0 Å². The first-order valence-corrected chi connectivity index (χ1v) is 7.27. The highest BCUT2D eigenvalue weighted by Gasteiger charge is 2.24. The molecule has 0 radical (unpaired) electrons. The molecule has 0 saturated carbocycles. The molecule has 0 aliphatic carbocycles. The normalized spacial score (nSPS) is 13.4. The van der Waals surface area contributed by atoms with Crippen molar-refractivity contribution in [1.82, 2.24) is 20.2 Å². The average Bonchev–Trinajstić information content (AvgIpc) is 2.96. The van der Waals surface area contributed by atoms with Crippen LogP contribution in [0.3, 0.4) is 0 Å². The predicted molar refractivity (Wildman–Crippen MR) is 78.9 cm³/mol. The molecule has 1 rings (SSSR count). The molecule has 7 nitrogen and oxygen atoms in total. The molecule has 0 fully saturated rings. The molecule has 0 aliphatic heterocycles. The van der Waals surface area contributed by atoms with Gasteiger partial charge in [-0.1, -0.05) is 20.3 Å². The number of nitrogens with zero attached hydrogens (tertiary/aromatic N) is 2. The fourth-order valence-corrected chi connectivity index (χ4v) is 1.92. The third-order valence-electron chi connectivity index (χ3n) is 3.45. The Kier molecular flexibility index (Phi) is 7.28. The number of hydrogen-bond donors (Lipinski definition) is 3. The minimum absolute atomic E-state index is 0.102. The van der Waals surface area contributed by atoms with Crippen LogP contribution in [0.5, 0.6) is 0 Å². The molecule has 3 N–H and O–H groups in total. The highest BCUT2D eigenvalue weighted by Crippen LogP contribution is 2.07. The number of carbonyl (C=O) groups excluding carboxylic acids is 1. The number of aryl methyl sites for hydroxylation is 1. The Balaban J connectivity index is 2.19. The molecule has 1 aromatic heterocycles. The van der Waals surface area contributed by atoms with Gasteiger partial charge in [0.25, 0.3) is 0 Å². The monoisotopic (exact) mass is 296 g/mol. The van der Waals surface area contributed by atoms with Crippen LogP contribution in [0.15, 0.2) is 18.7 Å². The molecule has 118 valence electrons. The lowest BCUT2D eigenvalue weighted by Gasteiger charge is -2.20. The lowest BCUT2D eigenvalue weighted by atomic mass is 9.99. The number of carbonyl (C=O) groups is 2. The van der Waals surface area contributed by atoms with E-state index in [1.807, 2.05) is 24.6 Å². The molecule has 21 heavy (non-hydrogen) atoms. The van der Waals surface area contributed by atoms with Crippen molar-refractivity contribution in [2.24, 2.45) is 5.92 Å². The van der Waals surface area contributed by atoms with E-state index in [-0.39, 0.29) is 5.92 Å². The maximum absolute atomic E-state index is 11.7. The summed E-state index contributed by atoms with van der Waals surface area (Å²) in [5.41, 5.74) is 0. The third-order valence-corrected chi connectivity index (χ3v) is 3.45. The van der Waals surface area contributed by atoms with Crippen molar-refractivity contribution in [3.63, 3.8) is 0 Å². The number of rotatable bonds is 9. The fraction of sp³-hybridized carbons (Fsp3) is 0.643. The van der Waals surface area contributed by atoms with Crippen LogP contribution in [0.2, 0.25) is 0 Å². The fourth-order valence-electron chi connectivity index (χ4n) is 1.92. The number of nitrogens with one attached hydrogen (secondary N) is 2. The summed E-state index contributed by atoms with van der Waals surface area (Å²) in [7, 11) is 0. The Morgan fingerprint density at radius 3 is 2.71 bits per heavy atom. The van der Waals surface area contributed by atoms with Gasteiger partial charge in [0, 0.05) is 25.5 Å². The Hall–Kier alpha value is -2.05. The number of carboxylic acids is 1. The quantitative estimate of drug-likeness (QED) is 0.601. The van der Waals surface area contributed by atoms with Crippen molar-refractivity contribution >= 4 is 12.0 Å². The van der Waals surface area contributed by atoms with Gasteiger partial charge in [-0.05, 0) is 18.8 Å². The van der Waals surface area contributed by atoms with E-state index < -0.39 is 18.0 Å². The van der Waals surface area contributed by atoms with Crippen molar-refractivity contribution in [2.75, 3.05) is 6.54 Å². The van der Waals surface area contributed by atoms with Gasteiger partial charge < -0.3 is 20.3 Å². The van der Waals surface area contributed by atoms with Crippen LogP contribution in [-0.2, 0) is 11.3 Å². The summed E-state index contributed by atoms with van der Waals surface area (Å²) in [5.74, 6) is -1.10. The zero-order valence-electron chi connectivity index (χ0n) is 12.6. The van der Waals surface area contributed by atoms with Crippen LogP contribution in [0.25, 0.3) is 0 Å². The molecule has 7 heteroatoms.